The molecule has 0 spiro atoms. The van der Waals surface area contributed by atoms with Crippen LogP contribution in [-0.4, -0.2) is 39.6 Å². The number of carboxylic acids is 1. The van der Waals surface area contributed by atoms with Crippen LogP contribution in [0.5, 0.6) is 0 Å². The van der Waals surface area contributed by atoms with E-state index in [1.165, 1.54) is 0 Å². The van der Waals surface area contributed by atoms with E-state index in [2.05, 4.69) is 4.98 Å². The van der Waals surface area contributed by atoms with Crippen LogP contribution in [0.2, 0.25) is 0 Å². The molecule has 21 heavy (non-hydrogen) atoms. The van der Waals surface area contributed by atoms with Crippen molar-refractivity contribution >= 4 is 17.0 Å². The summed E-state index contributed by atoms with van der Waals surface area (Å²) in [4.78, 5) is 16.8. The summed E-state index contributed by atoms with van der Waals surface area (Å²) in [6, 6.07) is 2.18. The topological polar surface area (TPSA) is 58.4 Å². The Hall–Kier alpha value is -2.02. The molecule has 0 atom stereocenters. The number of halogens is 2. The van der Waals surface area contributed by atoms with Gasteiger partial charge in [-0.2, -0.15) is 0 Å². The first-order valence-corrected chi connectivity index (χ1v) is 6.59. The van der Waals surface area contributed by atoms with Gasteiger partial charge in [0.05, 0.1) is 17.6 Å². The summed E-state index contributed by atoms with van der Waals surface area (Å²) in [6.07, 6.45) is 0.422. The summed E-state index contributed by atoms with van der Waals surface area (Å²) >= 11 is 0. The van der Waals surface area contributed by atoms with E-state index in [0.29, 0.717) is 36.4 Å². The summed E-state index contributed by atoms with van der Waals surface area (Å²) in [5.74, 6) is -2.09. The van der Waals surface area contributed by atoms with Crippen LogP contribution in [0, 0.1) is 11.6 Å². The Labute approximate surface area is 120 Å². The average molecular weight is 297 g/mol. The zero-order chi connectivity index (χ0) is 15.6. The van der Waals surface area contributed by atoms with Crippen molar-refractivity contribution in [2.75, 3.05) is 14.1 Å². The molecule has 7 heteroatoms. The number of rotatable bonds is 6. The van der Waals surface area contributed by atoms with E-state index in [9.17, 15) is 13.6 Å². The number of hydrogen-bond acceptors (Lipinski definition) is 3. The van der Waals surface area contributed by atoms with Crippen LogP contribution in [-0.2, 0) is 17.9 Å². The highest BCUT2D eigenvalue weighted by Crippen LogP contribution is 2.21. The largest absolute Gasteiger partial charge is 0.481 e. The second-order valence-corrected chi connectivity index (χ2v) is 5.17. The van der Waals surface area contributed by atoms with Crippen LogP contribution in [0.1, 0.15) is 18.7 Å². The maximum Gasteiger partial charge on any atom is 0.303 e. The lowest BCUT2D eigenvalue weighted by atomic mass is 10.2. The predicted octanol–water partition coefficient (Wildman–Crippen LogP) is 2.24. The summed E-state index contributed by atoms with van der Waals surface area (Å²) in [7, 11) is 3.73. The molecular weight excluding hydrogens is 280 g/mol. The van der Waals surface area contributed by atoms with Crippen LogP contribution in [0.3, 0.4) is 0 Å². The normalized spacial score (nSPS) is 11.5. The molecule has 0 aliphatic rings. The number of aromatic nitrogens is 2. The van der Waals surface area contributed by atoms with Gasteiger partial charge in [0.25, 0.3) is 0 Å². The second-order valence-electron chi connectivity index (χ2n) is 5.17. The zero-order valence-electron chi connectivity index (χ0n) is 11.9. The van der Waals surface area contributed by atoms with Gasteiger partial charge in [-0.1, -0.05) is 0 Å². The van der Waals surface area contributed by atoms with Gasteiger partial charge in [-0.25, -0.2) is 13.8 Å². The lowest BCUT2D eigenvalue weighted by Crippen LogP contribution is -2.16. The number of aryl methyl sites for hydroxylation is 1. The predicted molar refractivity (Wildman–Crippen MR) is 73.9 cm³/mol. The molecule has 2 aromatic rings. The molecule has 0 saturated carbocycles. The van der Waals surface area contributed by atoms with Crippen molar-refractivity contribution in [3.63, 3.8) is 0 Å². The molecule has 0 aliphatic carbocycles. The van der Waals surface area contributed by atoms with Crippen molar-refractivity contribution in [2.45, 2.75) is 25.9 Å². The number of hydrogen-bond donors (Lipinski definition) is 1. The maximum absolute atomic E-state index is 13.4. The van der Waals surface area contributed by atoms with Crippen molar-refractivity contribution in [3.05, 3.63) is 29.6 Å². The van der Waals surface area contributed by atoms with E-state index in [0.717, 1.165) is 12.1 Å². The van der Waals surface area contributed by atoms with E-state index in [-0.39, 0.29) is 6.42 Å². The minimum absolute atomic E-state index is 0.0186. The number of nitrogens with zero attached hydrogens (tertiary/aromatic N) is 3. The molecule has 0 fully saturated rings. The highest BCUT2D eigenvalue weighted by Gasteiger charge is 2.15. The molecule has 0 unspecified atom stereocenters. The average Bonchev–Trinajstić information content (AvgIpc) is 2.66. The van der Waals surface area contributed by atoms with Gasteiger partial charge >= 0.3 is 5.97 Å². The fourth-order valence-electron chi connectivity index (χ4n) is 2.21. The lowest BCUT2D eigenvalue weighted by molar-refractivity contribution is -0.137. The van der Waals surface area contributed by atoms with Gasteiger partial charge in [-0.05, 0) is 20.5 Å². The van der Waals surface area contributed by atoms with Gasteiger partial charge in [-0.3, -0.25) is 4.79 Å². The Kier molecular flexibility index (Phi) is 4.52. The zero-order valence-corrected chi connectivity index (χ0v) is 11.9. The SMILES string of the molecule is CN(C)Cc1nc2cc(F)c(F)cc2n1CCCC(=O)O. The molecule has 0 saturated heterocycles. The third-order valence-corrected chi connectivity index (χ3v) is 3.10. The Morgan fingerprint density at radius 1 is 1.33 bits per heavy atom. The fourth-order valence-corrected chi connectivity index (χ4v) is 2.21. The Balaban J connectivity index is 2.41. The molecule has 1 aromatic carbocycles. The maximum atomic E-state index is 13.4. The van der Waals surface area contributed by atoms with Crippen LogP contribution >= 0.6 is 0 Å². The molecule has 2 rings (SSSR count). The van der Waals surface area contributed by atoms with Gasteiger partial charge in [-0.15, -0.1) is 0 Å². The monoisotopic (exact) mass is 297 g/mol. The minimum atomic E-state index is -0.936. The van der Waals surface area contributed by atoms with E-state index < -0.39 is 17.6 Å². The Morgan fingerprint density at radius 2 is 2.00 bits per heavy atom. The molecule has 0 radical (unpaired) electrons. The van der Waals surface area contributed by atoms with Gasteiger partial charge in [0.2, 0.25) is 0 Å². The molecule has 1 aromatic heterocycles. The quantitative estimate of drug-likeness (QED) is 0.888. The third-order valence-electron chi connectivity index (χ3n) is 3.10. The summed E-state index contributed by atoms with van der Waals surface area (Å²) in [5.41, 5.74) is 0.859. The van der Waals surface area contributed by atoms with Crippen molar-refractivity contribution in [1.82, 2.24) is 14.5 Å². The lowest BCUT2D eigenvalue weighted by Gasteiger charge is -2.12. The van der Waals surface area contributed by atoms with E-state index in [4.69, 9.17) is 5.11 Å². The van der Waals surface area contributed by atoms with Gasteiger partial charge < -0.3 is 14.6 Å². The standard InChI is InChI=1S/C14H17F2N3O2/c1-18(2)8-13-17-11-6-9(15)10(16)7-12(11)19(13)5-3-4-14(20)21/h6-7H,3-5,8H2,1-2H3,(H,20,21). The first-order chi connectivity index (χ1) is 9.88. The van der Waals surface area contributed by atoms with Crippen LogP contribution in [0.25, 0.3) is 11.0 Å². The molecule has 0 amide bonds. The molecule has 5 nitrogen and oxygen atoms in total. The summed E-state index contributed by atoms with van der Waals surface area (Å²) < 4.78 is 28.5. The smallest absolute Gasteiger partial charge is 0.303 e. The van der Waals surface area contributed by atoms with Gasteiger partial charge in [0.15, 0.2) is 11.6 Å². The van der Waals surface area contributed by atoms with E-state index in [1.807, 2.05) is 19.0 Å². The van der Waals surface area contributed by atoms with Gasteiger partial charge in [0.1, 0.15) is 5.82 Å². The van der Waals surface area contributed by atoms with Gasteiger partial charge in [0, 0.05) is 25.1 Å². The first-order valence-electron chi connectivity index (χ1n) is 6.59. The number of carboxylic acid groups (broad SMARTS) is 1. The van der Waals surface area contributed by atoms with E-state index >= 15 is 0 Å². The van der Waals surface area contributed by atoms with Crippen molar-refractivity contribution in [1.29, 1.82) is 0 Å². The molecule has 1 N–H and O–H groups in total. The highest BCUT2D eigenvalue weighted by molar-refractivity contribution is 5.76. The number of fused-ring (bicyclic) bond motifs is 1. The molecule has 1 heterocycles. The number of aliphatic carboxylic acids is 1. The van der Waals surface area contributed by atoms with Crippen molar-refractivity contribution in [2.24, 2.45) is 0 Å². The molecule has 0 aliphatic heterocycles. The van der Waals surface area contributed by atoms with Crippen LogP contribution < -0.4 is 0 Å². The third kappa shape index (κ3) is 3.55. The molecule has 0 bridgehead atoms. The number of benzene rings is 1. The highest BCUT2D eigenvalue weighted by atomic mass is 19.2. The Morgan fingerprint density at radius 3 is 2.62 bits per heavy atom. The Bertz CT molecular complexity index is 668. The second kappa shape index (κ2) is 6.17. The van der Waals surface area contributed by atoms with Crippen LogP contribution in [0.4, 0.5) is 8.78 Å². The fraction of sp³-hybridized carbons (Fsp3) is 0.429. The number of imidazole rings is 1. The van der Waals surface area contributed by atoms with E-state index in [1.54, 1.807) is 4.57 Å². The summed E-state index contributed by atoms with van der Waals surface area (Å²) in [5, 5.41) is 8.71. The van der Waals surface area contributed by atoms with Crippen LogP contribution in [0.15, 0.2) is 12.1 Å². The van der Waals surface area contributed by atoms with Crippen molar-refractivity contribution < 1.29 is 18.7 Å². The number of carbonyl (C=O) groups is 1. The molecular formula is C14H17F2N3O2. The first kappa shape index (κ1) is 15.4. The minimum Gasteiger partial charge on any atom is -0.481 e. The van der Waals surface area contributed by atoms with Crippen molar-refractivity contribution in [3.8, 4) is 0 Å². The molecule has 114 valence electrons. The summed E-state index contributed by atoms with van der Waals surface area (Å²) in [6.45, 7) is 0.905.